The fourth-order valence-electron chi connectivity index (χ4n) is 3.64. The van der Waals surface area contributed by atoms with E-state index in [2.05, 4.69) is 0 Å². The molecule has 0 fully saturated rings. The number of aliphatic hydroxyl groups is 1. The lowest BCUT2D eigenvalue weighted by atomic mass is 10.00. The zero-order chi connectivity index (χ0) is 22.7. The number of nitrogens with zero attached hydrogens (tertiary/aromatic N) is 1. The average molecular weight is 448 g/mol. The zero-order valence-corrected chi connectivity index (χ0v) is 17.9. The topological polar surface area (TPSA) is 88.8 Å². The Morgan fingerprint density at radius 3 is 2.65 bits per heavy atom. The van der Waals surface area contributed by atoms with E-state index in [4.69, 9.17) is 16.3 Å². The van der Waals surface area contributed by atoms with Gasteiger partial charge in [0.1, 0.15) is 17.1 Å². The van der Waals surface area contributed by atoms with E-state index in [0.29, 0.717) is 35.4 Å². The maximum absolute atomic E-state index is 14.4. The number of halogens is 2. The van der Waals surface area contributed by atoms with Gasteiger partial charge in [-0.1, -0.05) is 30.7 Å². The Balaban J connectivity index is 2.33. The highest BCUT2D eigenvalue weighted by Gasteiger charge is 2.22. The van der Waals surface area contributed by atoms with Gasteiger partial charge in [0.05, 0.1) is 35.2 Å². The van der Waals surface area contributed by atoms with Crippen LogP contribution in [0.25, 0.3) is 10.9 Å². The number of carboxylic acids is 1. The second-order valence-corrected chi connectivity index (χ2v) is 7.55. The highest BCUT2D eigenvalue weighted by Crippen LogP contribution is 2.31. The van der Waals surface area contributed by atoms with Gasteiger partial charge in [0.25, 0.3) is 0 Å². The number of aliphatic hydroxyl groups excluding tert-OH is 1. The lowest BCUT2D eigenvalue weighted by molar-refractivity contribution is 0.0694. The van der Waals surface area contributed by atoms with Crippen molar-refractivity contribution in [2.75, 3.05) is 13.2 Å². The minimum Gasteiger partial charge on any atom is -0.492 e. The quantitative estimate of drug-likeness (QED) is 0.533. The van der Waals surface area contributed by atoms with Gasteiger partial charge in [0, 0.05) is 12.6 Å². The van der Waals surface area contributed by atoms with E-state index in [9.17, 15) is 24.2 Å². The number of aromatic nitrogens is 1. The Morgan fingerprint density at radius 2 is 2.03 bits per heavy atom. The van der Waals surface area contributed by atoms with Crippen molar-refractivity contribution in [1.82, 2.24) is 4.57 Å². The molecule has 1 heterocycles. The first kappa shape index (κ1) is 22.8. The number of carbonyl (C=O) groups is 1. The van der Waals surface area contributed by atoms with Crippen molar-refractivity contribution in [3.8, 4) is 5.75 Å². The molecule has 2 aromatic carbocycles. The highest BCUT2D eigenvalue weighted by molar-refractivity contribution is 6.30. The standard InChI is InChI=1S/C23H23ClFNO5/c1-3-15(12-27)26-11-17(23(29)30)22(28)16-9-13(10-19(21(16)26)31-4-2)8-14-6-5-7-18(24)20(14)25/h5-7,9-11,15,27H,3-4,8,12H2,1-2H3,(H,29,30)/t15-/m1/s1. The predicted molar refractivity (Wildman–Crippen MR) is 117 cm³/mol. The number of hydrogen-bond acceptors (Lipinski definition) is 4. The fraction of sp³-hybridized carbons (Fsp3) is 0.304. The normalized spacial score (nSPS) is 12.2. The van der Waals surface area contributed by atoms with Crippen LogP contribution in [0.3, 0.4) is 0 Å². The van der Waals surface area contributed by atoms with Crippen LogP contribution in [0.5, 0.6) is 5.75 Å². The van der Waals surface area contributed by atoms with E-state index in [1.807, 2.05) is 6.92 Å². The van der Waals surface area contributed by atoms with Crippen molar-refractivity contribution in [2.24, 2.45) is 0 Å². The van der Waals surface area contributed by atoms with Gasteiger partial charge in [-0.05, 0) is 42.7 Å². The van der Waals surface area contributed by atoms with Crippen LogP contribution in [0, 0.1) is 5.82 Å². The molecule has 0 spiro atoms. The summed E-state index contributed by atoms with van der Waals surface area (Å²) in [7, 11) is 0. The Kier molecular flexibility index (Phi) is 6.97. The van der Waals surface area contributed by atoms with E-state index in [1.165, 1.54) is 12.3 Å². The summed E-state index contributed by atoms with van der Waals surface area (Å²) in [6.07, 6.45) is 1.89. The monoisotopic (exact) mass is 447 g/mol. The third-order valence-corrected chi connectivity index (χ3v) is 5.47. The Morgan fingerprint density at radius 1 is 1.29 bits per heavy atom. The maximum Gasteiger partial charge on any atom is 0.341 e. The lowest BCUT2D eigenvalue weighted by Crippen LogP contribution is -2.23. The molecule has 0 aliphatic heterocycles. The number of ether oxygens (including phenoxy) is 1. The number of aromatic carboxylic acids is 1. The van der Waals surface area contributed by atoms with E-state index >= 15 is 0 Å². The molecule has 1 aromatic heterocycles. The summed E-state index contributed by atoms with van der Waals surface area (Å²) in [5.74, 6) is -1.55. The SMILES string of the molecule is CCOc1cc(Cc2cccc(Cl)c2F)cc2c(=O)c(C(=O)O)cn([C@H](CC)CO)c12. The first-order chi connectivity index (χ1) is 14.8. The second kappa shape index (κ2) is 9.49. The van der Waals surface area contributed by atoms with Gasteiger partial charge >= 0.3 is 5.97 Å². The molecular weight excluding hydrogens is 425 g/mol. The van der Waals surface area contributed by atoms with Crippen LogP contribution in [0.2, 0.25) is 5.02 Å². The third-order valence-electron chi connectivity index (χ3n) is 5.18. The number of fused-ring (bicyclic) bond motifs is 1. The molecule has 6 nitrogen and oxygen atoms in total. The summed E-state index contributed by atoms with van der Waals surface area (Å²) in [5.41, 5.74) is 0.230. The molecule has 0 radical (unpaired) electrons. The third kappa shape index (κ3) is 4.43. The van der Waals surface area contributed by atoms with Gasteiger partial charge in [-0.15, -0.1) is 0 Å². The molecule has 0 aliphatic rings. The van der Waals surface area contributed by atoms with Crippen LogP contribution in [-0.4, -0.2) is 34.0 Å². The average Bonchev–Trinajstić information content (AvgIpc) is 2.74. The molecule has 8 heteroatoms. The first-order valence-corrected chi connectivity index (χ1v) is 10.3. The Labute approximate surface area is 183 Å². The number of pyridine rings is 1. The van der Waals surface area contributed by atoms with Gasteiger partial charge in [-0.25, -0.2) is 9.18 Å². The van der Waals surface area contributed by atoms with Crippen LogP contribution in [0.1, 0.15) is 47.8 Å². The molecule has 31 heavy (non-hydrogen) atoms. The smallest absolute Gasteiger partial charge is 0.341 e. The molecule has 3 aromatic rings. The highest BCUT2D eigenvalue weighted by atomic mass is 35.5. The predicted octanol–water partition coefficient (Wildman–Crippen LogP) is 4.43. The first-order valence-electron chi connectivity index (χ1n) is 9.93. The minimum atomic E-state index is -1.36. The van der Waals surface area contributed by atoms with Gasteiger partial charge in [0.2, 0.25) is 5.43 Å². The summed E-state index contributed by atoms with van der Waals surface area (Å²) in [6.45, 7) is 3.69. The molecule has 3 rings (SSSR count). The molecule has 1 atom stereocenters. The summed E-state index contributed by atoms with van der Waals surface area (Å²) in [6, 6.07) is 7.48. The molecule has 0 amide bonds. The van der Waals surface area contributed by atoms with Crippen LogP contribution in [0.4, 0.5) is 4.39 Å². The molecule has 0 aliphatic carbocycles. The van der Waals surface area contributed by atoms with Crippen molar-refractivity contribution < 1.29 is 24.1 Å². The van der Waals surface area contributed by atoms with Crippen molar-refractivity contribution >= 4 is 28.5 Å². The summed E-state index contributed by atoms with van der Waals surface area (Å²) >= 11 is 5.88. The number of hydrogen-bond donors (Lipinski definition) is 2. The largest absolute Gasteiger partial charge is 0.492 e. The van der Waals surface area contributed by atoms with Gasteiger partial charge in [-0.3, -0.25) is 4.79 Å². The summed E-state index contributed by atoms with van der Waals surface area (Å²) < 4.78 is 21.8. The number of carboxylic acid groups (broad SMARTS) is 1. The molecule has 0 bridgehead atoms. The van der Waals surface area contributed by atoms with E-state index < -0.39 is 28.8 Å². The molecular formula is C23H23ClFNO5. The molecule has 164 valence electrons. The molecule has 0 saturated carbocycles. The van der Waals surface area contributed by atoms with E-state index in [-0.39, 0.29) is 23.4 Å². The van der Waals surface area contributed by atoms with Crippen LogP contribution < -0.4 is 10.2 Å². The maximum atomic E-state index is 14.4. The fourth-order valence-corrected chi connectivity index (χ4v) is 3.83. The van der Waals surface area contributed by atoms with Crippen LogP contribution >= 0.6 is 11.6 Å². The van der Waals surface area contributed by atoms with E-state index in [1.54, 1.807) is 35.8 Å². The molecule has 0 unspecified atom stereocenters. The Hall–Kier alpha value is -2.90. The van der Waals surface area contributed by atoms with Gasteiger partial charge < -0.3 is 19.5 Å². The van der Waals surface area contributed by atoms with Gasteiger partial charge in [-0.2, -0.15) is 0 Å². The summed E-state index contributed by atoms with van der Waals surface area (Å²) in [4.78, 5) is 24.7. The molecule has 0 saturated heterocycles. The van der Waals surface area contributed by atoms with Crippen LogP contribution in [0.15, 0.2) is 41.3 Å². The molecule has 2 N–H and O–H groups in total. The number of benzene rings is 2. The van der Waals surface area contributed by atoms with Crippen molar-refractivity contribution in [3.05, 3.63) is 74.3 Å². The zero-order valence-electron chi connectivity index (χ0n) is 17.2. The van der Waals surface area contributed by atoms with E-state index in [0.717, 1.165) is 0 Å². The van der Waals surface area contributed by atoms with Crippen molar-refractivity contribution in [1.29, 1.82) is 0 Å². The Bertz CT molecular complexity index is 1190. The van der Waals surface area contributed by atoms with Crippen molar-refractivity contribution in [2.45, 2.75) is 32.7 Å². The second-order valence-electron chi connectivity index (χ2n) is 7.14. The number of rotatable bonds is 8. The minimum absolute atomic E-state index is 0.00688. The van der Waals surface area contributed by atoms with Gasteiger partial charge in [0.15, 0.2) is 0 Å². The summed E-state index contributed by atoms with van der Waals surface area (Å²) in [5, 5.41) is 19.5. The van der Waals surface area contributed by atoms with Crippen LogP contribution in [-0.2, 0) is 6.42 Å². The lowest BCUT2D eigenvalue weighted by Gasteiger charge is -2.22. The van der Waals surface area contributed by atoms with Crippen molar-refractivity contribution in [3.63, 3.8) is 0 Å².